The molecule has 0 saturated heterocycles. The molecule has 6 heteroatoms. The highest BCUT2D eigenvalue weighted by atomic mass is 32.1. The fourth-order valence-electron chi connectivity index (χ4n) is 3.41. The number of nitrogens with zero attached hydrogens (tertiary/aromatic N) is 3. The van der Waals surface area contributed by atoms with Gasteiger partial charge in [0.2, 0.25) is 0 Å². The maximum Gasteiger partial charge on any atom is 0.356 e. The van der Waals surface area contributed by atoms with Crippen LogP contribution in [0.25, 0.3) is 0 Å². The van der Waals surface area contributed by atoms with Crippen LogP contribution in [-0.4, -0.2) is 38.8 Å². The number of thiophene rings is 1. The van der Waals surface area contributed by atoms with Crippen LogP contribution in [0.3, 0.4) is 0 Å². The van der Waals surface area contributed by atoms with Crippen molar-refractivity contribution in [1.82, 2.24) is 14.7 Å². The van der Waals surface area contributed by atoms with Gasteiger partial charge in [-0.1, -0.05) is 6.08 Å². The lowest BCUT2D eigenvalue weighted by Crippen LogP contribution is -2.36. The number of carboxylic acid groups (broad SMARTS) is 1. The Morgan fingerprint density at radius 1 is 1.62 bits per heavy atom. The number of carbonyl (C=O) groups is 1. The monoisotopic (exact) mass is 345 g/mol. The molecule has 1 atom stereocenters. The Kier molecular flexibility index (Phi) is 4.87. The van der Waals surface area contributed by atoms with Crippen molar-refractivity contribution in [1.29, 1.82) is 0 Å². The number of hydrogen-bond acceptors (Lipinski definition) is 4. The van der Waals surface area contributed by atoms with Crippen LogP contribution in [0.5, 0.6) is 0 Å². The van der Waals surface area contributed by atoms with E-state index < -0.39 is 5.97 Å². The van der Waals surface area contributed by atoms with Gasteiger partial charge in [-0.05, 0) is 50.2 Å². The maximum absolute atomic E-state index is 11.6. The van der Waals surface area contributed by atoms with Crippen molar-refractivity contribution in [3.8, 4) is 0 Å². The zero-order valence-corrected chi connectivity index (χ0v) is 15.0. The first-order valence-corrected chi connectivity index (χ1v) is 9.05. The molecule has 0 radical (unpaired) electrons. The van der Waals surface area contributed by atoms with Crippen LogP contribution in [0.4, 0.5) is 0 Å². The summed E-state index contributed by atoms with van der Waals surface area (Å²) in [4.78, 5) is 15.3. The summed E-state index contributed by atoms with van der Waals surface area (Å²) in [6.07, 6.45) is 4.39. The number of likely N-dealkylation sites (N-methyl/N-ethyl adjacent to an activating group) is 1. The number of hydrogen-bond donors (Lipinski definition) is 1. The first kappa shape index (κ1) is 16.9. The van der Waals surface area contributed by atoms with Gasteiger partial charge in [0.25, 0.3) is 0 Å². The van der Waals surface area contributed by atoms with Gasteiger partial charge in [-0.25, -0.2) is 4.79 Å². The molecule has 3 rings (SSSR count). The van der Waals surface area contributed by atoms with E-state index in [0.717, 1.165) is 37.1 Å². The van der Waals surface area contributed by atoms with E-state index in [1.165, 1.54) is 10.4 Å². The largest absolute Gasteiger partial charge is 0.476 e. The fraction of sp³-hybridized carbons (Fsp3) is 0.444. The predicted octanol–water partition coefficient (Wildman–Crippen LogP) is 3.13. The van der Waals surface area contributed by atoms with Crippen molar-refractivity contribution in [3.63, 3.8) is 0 Å². The lowest BCUT2D eigenvalue weighted by atomic mass is 9.90. The molecular weight excluding hydrogens is 322 g/mol. The summed E-state index contributed by atoms with van der Waals surface area (Å²) in [5, 5.41) is 15.9. The van der Waals surface area contributed by atoms with Gasteiger partial charge >= 0.3 is 5.97 Å². The number of fused-ring (bicyclic) bond motifs is 1. The summed E-state index contributed by atoms with van der Waals surface area (Å²) in [7, 11) is 2.13. The van der Waals surface area contributed by atoms with E-state index >= 15 is 0 Å². The second-order valence-corrected chi connectivity index (χ2v) is 7.39. The van der Waals surface area contributed by atoms with Gasteiger partial charge < -0.3 is 5.11 Å². The third-order valence-corrected chi connectivity index (χ3v) is 5.82. The van der Waals surface area contributed by atoms with E-state index in [2.05, 4.69) is 42.0 Å². The van der Waals surface area contributed by atoms with E-state index in [4.69, 9.17) is 0 Å². The van der Waals surface area contributed by atoms with E-state index in [1.807, 2.05) is 0 Å². The van der Waals surface area contributed by atoms with Crippen molar-refractivity contribution >= 4 is 17.3 Å². The molecule has 0 fully saturated rings. The topological polar surface area (TPSA) is 58.4 Å². The zero-order chi connectivity index (χ0) is 17.3. The van der Waals surface area contributed by atoms with Crippen LogP contribution >= 0.6 is 11.3 Å². The van der Waals surface area contributed by atoms with Gasteiger partial charge in [-0.2, -0.15) is 5.10 Å². The first-order chi connectivity index (χ1) is 11.5. The number of aromatic carboxylic acids is 1. The highest BCUT2D eigenvalue weighted by Crippen LogP contribution is 2.29. The Morgan fingerprint density at radius 2 is 2.42 bits per heavy atom. The lowest BCUT2D eigenvalue weighted by molar-refractivity contribution is 0.0687. The summed E-state index contributed by atoms with van der Waals surface area (Å²) in [6, 6.07) is 2.49. The van der Waals surface area contributed by atoms with Crippen molar-refractivity contribution in [2.75, 3.05) is 7.05 Å². The van der Waals surface area contributed by atoms with E-state index in [0.29, 0.717) is 12.6 Å². The number of aromatic nitrogens is 2. The normalized spacial score (nSPS) is 17.0. The standard InChI is InChI=1S/C18H23N3O2S/c1-4-8-21-15-6-5-13(10-14(15)17(19-21)18(22)23)20(3)11-16-12(2)7-9-24-16/h4,7,9,13H,1,5-6,8,10-11H2,2-3H3,(H,22,23)/t13-/m0/s1. The van der Waals surface area contributed by atoms with Crippen molar-refractivity contribution in [2.24, 2.45) is 0 Å². The highest BCUT2D eigenvalue weighted by molar-refractivity contribution is 7.10. The van der Waals surface area contributed by atoms with Gasteiger partial charge in [0.1, 0.15) is 0 Å². The minimum Gasteiger partial charge on any atom is -0.476 e. The third-order valence-electron chi connectivity index (χ3n) is 4.81. The molecule has 2 aromatic heterocycles. The molecule has 1 aliphatic carbocycles. The molecule has 0 bridgehead atoms. The Labute approximate surface area is 146 Å². The number of rotatable bonds is 6. The summed E-state index contributed by atoms with van der Waals surface area (Å²) in [5.41, 5.74) is 3.49. The molecule has 0 aliphatic heterocycles. The van der Waals surface area contributed by atoms with E-state index in [9.17, 15) is 9.90 Å². The van der Waals surface area contributed by atoms with Crippen LogP contribution in [0.1, 0.15) is 38.6 Å². The molecule has 1 N–H and O–H groups in total. The summed E-state index contributed by atoms with van der Waals surface area (Å²) >= 11 is 1.78. The smallest absolute Gasteiger partial charge is 0.356 e. The predicted molar refractivity (Wildman–Crippen MR) is 95.7 cm³/mol. The zero-order valence-electron chi connectivity index (χ0n) is 14.2. The van der Waals surface area contributed by atoms with Crippen LogP contribution in [0.2, 0.25) is 0 Å². The van der Waals surface area contributed by atoms with Crippen LogP contribution in [0, 0.1) is 6.92 Å². The molecule has 0 amide bonds. The second kappa shape index (κ2) is 6.91. The van der Waals surface area contributed by atoms with Crippen LogP contribution < -0.4 is 0 Å². The Bertz CT molecular complexity index is 762. The quantitative estimate of drug-likeness (QED) is 0.817. The minimum atomic E-state index is -0.938. The molecule has 2 aromatic rings. The lowest BCUT2D eigenvalue weighted by Gasteiger charge is -2.31. The molecule has 0 saturated carbocycles. The molecule has 24 heavy (non-hydrogen) atoms. The minimum absolute atomic E-state index is 0.206. The third kappa shape index (κ3) is 3.16. The van der Waals surface area contributed by atoms with Gasteiger partial charge in [-0.3, -0.25) is 9.58 Å². The average molecular weight is 345 g/mol. The van der Waals surface area contributed by atoms with E-state index in [1.54, 1.807) is 22.1 Å². The highest BCUT2D eigenvalue weighted by Gasteiger charge is 2.30. The number of aryl methyl sites for hydroxylation is 1. The Morgan fingerprint density at radius 3 is 3.04 bits per heavy atom. The first-order valence-electron chi connectivity index (χ1n) is 8.17. The van der Waals surface area contributed by atoms with Gasteiger partial charge in [0.05, 0.1) is 6.54 Å². The van der Waals surface area contributed by atoms with Crippen molar-refractivity contribution in [2.45, 2.75) is 45.3 Å². The molecule has 128 valence electrons. The van der Waals surface area contributed by atoms with E-state index in [-0.39, 0.29) is 5.69 Å². The van der Waals surface area contributed by atoms with Crippen molar-refractivity contribution in [3.05, 3.63) is 51.5 Å². The molecule has 1 aliphatic rings. The van der Waals surface area contributed by atoms with Gasteiger partial charge in [-0.15, -0.1) is 17.9 Å². The molecule has 0 unspecified atom stereocenters. The number of carboxylic acids is 1. The fourth-order valence-corrected chi connectivity index (χ4v) is 4.38. The maximum atomic E-state index is 11.6. The average Bonchev–Trinajstić information content (AvgIpc) is 3.12. The van der Waals surface area contributed by atoms with Gasteiger partial charge in [0, 0.05) is 28.7 Å². The Balaban J connectivity index is 1.81. The van der Waals surface area contributed by atoms with Crippen LogP contribution in [0.15, 0.2) is 24.1 Å². The molecule has 5 nitrogen and oxygen atoms in total. The summed E-state index contributed by atoms with van der Waals surface area (Å²) in [5.74, 6) is -0.938. The van der Waals surface area contributed by atoms with Gasteiger partial charge in [0.15, 0.2) is 5.69 Å². The molecule has 0 aromatic carbocycles. The molecular formula is C18H23N3O2S. The molecule has 0 spiro atoms. The second-order valence-electron chi connectivity index (χ2n) is 6.39. The molecule has 2 heterocycles. The Hall–Kier alpha value is -1.92. The SMILES string of the molecule is C=CCn1nc(C(=O)O)c2c1CC[C@H](N(C)Cc1sccc1C)C2. The van der Waals surface area contributed by atoms with Crippen LogP contribution in [-0.2, 0) is 25.9 Å². The van der Waals surface area contributed by atoms with Crippen molar-refractivity contribution < 1.29 is 9.90 Å². The summed E-state index contributed by atoms with van der Waals surface area (Å²) < 4.78 is 1.80. The summed E-state index contributed by atoms with van der Waals surface area (Å²) in [6.45, 7) is 7.35. The number of allylic oxidation sites excluding steroid dienone is 1.